The summed E-state index contributed by atoms with van der Waals surface area (Å²) in [6.07, 6.45) is 1.22. The monoisotopic (exact) mass is 460 g/mol. The molecule has 9 nitrogen and oxygen atoms in total. The molecule has 10 heteroatoms. The molecule has 0 aromatic heterocycles. The Morgan fingerprint density at radius 1 is 1.06 bits per heavy atom. The van der Waals surface area contributed by atoms with E-state index in [2.05, 4.69) is 21.3 Å². The van der Waals surface area contributed by atoms with Gasteiger partial charge < -0.3 is 30.7 Å². The van der Waals surface area contributed by atoms with Crippen molar-refractivity contribution >= 4 is 40.8 Å². The molecule has 1 fully saturated rings. The Labute approximate surface area is 190 Å². The Morgan fingerprint density at radius 3 is 2.50 bits per heavy atom. The van der Waals surface area contributed by atoms with Gasteiger partial charge in [-0.05, 0) is 55.3 Å². The van der Waals surface area contributed by atoms with Crippen molar-refractivity contribution in [3.63, 3.8) is 0 Å². The molecule has 0 spiro atoms. The lowest BCUT2D eigenvalue weighted by atomic mass is 10.2. The SMILES string of the molecule is COc1ccc(Cl)cc1NC(=O)Nc1ccc(C(=O)NCCNC(=O)C2CCCO2)cc1. The lowest BCUT2D eigenvalue weighted by Gasteiger charge is -2.12. The van der Waals surface area contributed by atoms with Crippen LogP contribution in [0.25, 0.3) is 0 Å². The molecular weight excluding hydrogens is 436 g/mol. The van der Waals surface area contributed by atoms with Gasteiger partial charge in [0.05, 0.1) is 12.8 Å². The summed E-state index contributed by atoms with van der Waals surface area (Å²) in [4.78, 5) is 36.4. The largest absolute Gasteiger partial charge is 0.495 e. The van der Waals surface area contributed by atoms with Crippen LogP contribution in [0.5, 0.6) is 5.75 Å². The molecule has 0 saturated carbocycles. The number of nitrogens with one attached hydrogen (secondary N) is 4. The molecule has 1 aliphatic rings. The molecule has 0 bridgehead atoms. The number of carbonyl (C=O) groups is 3. The summed E-state index contributed by atoms with van der Waals surface area (Å²) in [5, 5.41) is 11.3. The van der Waals surface area contributed by atoms with E-state index in [9.17, 15) is 14.4 Å². The summed E-state index contributed by atoms with van der Waals surface area (Å²) in [7, 11) is 1.49. The molecule has 170 valence electrons. The predicted octanol–water partition coefficient (Wildman–Crippen LogP) is 3.02. The Bertz CT molecular complexity index is 961. The van der Waals surface area contributed by atoms with Crippen molar-refractivity contribution in [2.24, 2.45) is 0 Å². The van der Waals surface area contributed by atoms with Crippen LogP contribution in [0.1, 0.15) is 23.2 Å². The van der Waals surface area contributed by atoms with Crippen molar-refractivity contribution in [1.82, 2.24) is 10.6 Å². The van der Waals surface area contributed by atoms with Crippen LogP contribution in [0.2, 0.25) is 5.02 Å². The van der Waals surface area contributed by atoms with Gasteiger partial charge in [-0.2, -0.15) is 0 Å². The number of halogens is 1. The minimum atomic E-state index is -0.482. The Morgan fingerprint density at radius 2 is 1.81 bits per heavy atom. The van der Waals surface area contributed by atoms with Crippen LogP contribution in [0.4, 0.5) is 16.2 Å². The zero-order valence-electron chi connectivity index (χ0n) is 17.6. The first-order valence-electron chi connectivity index (χ1n) is 10.2. The topological polar surface area (TPSA) is 118 Å². The van der Waals surface area contributed by atoms with Crippen molar-refractivity contribution < 1.29 is 23.9 Å². The van der Waals surface area contributed by atoms with E-state index in [4.69, 9.17) is 21.1 Å². The normalized spacial score (nSPS) is 15.0. The van der Waals surface area contributed by atoms with Crippen molar-refractivity contribution in [2.75, 3.05) is 37.4 Å². The molecule has 1 atom stereocenters. The molecule has 32 heavy (non-hydrogen) atoms. The van der Waals surface area contributed by atoms with Crippen LogP contribution in [0, 0.1) is 0 Å². The molecule has 4 N–H and O–H groups in total. The standard InChI is InChI=1S/C22H25ClN4O5/c1-31-18-9-6-15(23)13-17(18)27-22(30)26-16-7-4-14(5-8-16)20(28)24-10-11-25-21(29)19-3-2-12-32-19/h4-9,13,19H,2-3,10-12H2,1H3,(H,24,28)(H,25,29)(H2,26,27,30). The van der Waals surface area contributed by atoms with Crippen LogP contribution in [-0.2, 0) is 9.53 Å². The van der Waals surface area contributed by atoms with E-state index in [1.54, 1.807) is 42.5 Å². The highest BCUT2D eigenvalue weighted by molar-refractivity contribution is 6.31. The van der Waals surface area contributed by atoms with Crippen molar-refractivity contribution in [2.45, 2.75) is 18.9 Å². The van der Waals surface area contributed by atoms with Gasteiger partial charge in [-0.25, -0.2) is 4.79 Å². The number of carbonyl (C=O) groups excluding carboxylic acids is 3. The van der Waals surface area contributed by atoms with Crippen molar-refractivity contribution in [1.29, 1.82) is 0 Å². The average Bonchev–Trinajstić information content (AvgIpc) is 3.32. The van der Waals surface area contributed by atoms with Gasteiger partial charge in [-0.3, -0.25) is 9.59 Å². The molecule has 1 heterocycles. The van der Waals surface area contributed by atoms with Crippen LogP contribution in [-0.4, -0.2) is 50.8 Å². The molecule has 1 saturated heterocycles. The molecule has 0 aliphatic carbocycles. The molecule has 4 amide bonds. The number of hydrogen-bond donors (Lipinski definition) is 4. The predicted molar refractivity (Wildman–Crippen MR) is 121 cm³/mol. The minimum absolute atomic E-state index is 0.152. The fourth-order valence-electron chi connectivity index (χ4n) is 3.13. The summed E-state index contributed by atoms with van der Waals surface area (Å²) in [5.74, 6) is 0.0420. The lowest BCUT2D eigenvalue weighted by molar-refractivity contribution is -0.129. The van der Waals surface area contributed by atoms with Gasteiger partial charge in [0.2, 0.25) is 5.91 Å². The van der Waals surface area contributed by atoms with Gasteiger partial charge >= 0.3 is 6.03 Å². The van der Waals surface area contributed by atoms with Gasteiger partial charge in [0.15, 0.2) is 0 Å². The smallest absolute Gasteiger partial charge is 0.323 e. The second kappa shape index (κ2) is 11.4. The van der Waals surface area contributed by atoms with Gasteiger partial charge in [-0.1, -0.05) is 11.6 Å². The number of ether oxygens (including phenoxy) is 2. The van der Waals surface area contributed by atoms with Crippen LogP contribution >= 0.6 is 11.6 Å². The number of benzene rings is 2. The second-order valence-electron chi connectivity index (χ2n) is 7.05. The maximum absolute atomic E-state index is 12.3. The summed E-state index contributed by atoms with van der Waals surface area (Å²) in [5.41, 5.74) is 1.36. The highest BCUT2D eigenvalue weighted by atomic mass is 35.5. The molecule has 0 radical (unpaired) electrons. The van der Waals surface area contributed by atoms with Crippen molar-refractivity contribution in [3.8, 4) is 5.75 Å². The fourth-order valence-corrected chi connectivity index (χ4v) is 3.30. The maximum atomic E-state index is 12.3. The molecule has 3 rings (SSSR count). The summed E-state index contributed by atoms with van der Waals surface area (Å²) < 4.78 is 10.5. The summed E-state index contributed by atoms with van der Waals surface area (Å²) in [6.45, 7) is 1.22. The number of methoxy groups -OCH3 is 1. The van der Waals surface area contributed by atoms with E-state index in [1.165, 1.54) is 7.11 Å². The first-order valence-corrected chi connectivity index (χ1v) is 10.5. The van der Waals surface area contributed by atoms with Gasteiger partial charge in [0.25, 0.3) is 5.91 Å². The molecular formula is C22H25ClN4O5. The third kappa shape index (κ3) is 6.60. The Kier molecular flexibility index (Phi) is 8.29. The maximum Gasteiger partial charge on any atom is 0.323 e. The first-order chi connectivity index (χ1) is 15.5. The van der Waals surface area contributed by atoms with E-state index in [0.717, 1.165) is 12.8 Å². The van der Waals surface area contributed by atoms with Gasteiger partial charge in [0.1, 0.15) is 11.9 Å². The fraction of sp³-hybridized carbons (Fsp3) is 0.318. The Hall–Kier alpha value is -3.30. The number of rotatable bonds is 8. The number of hydrogen-bond acceptors (Lipinski definition) is 5. The molecule has 1 aliphatic heterocycles. The second-order valence-corrected chi connectivity index (χ2v) is 7.49. The highest BCUT2D eigenvalue weighted by Gasteiger charge is 2.22. The van der Waals surface area contributed by atoms with Gasteiger partial charge in [-0.15, -0.1) is 0 Å². The highest BCUT2D eigenvalue weighted by Crippen LogP contribution is 2.27. The van der Waals surface area contributed by atoms with E-state index < -0.39 is 6.03 Å². The lowest BCUT2D eigenvalue weighted by Crippen LogP contribution is -2.39. The zero-order chi connectivity index (χ0) is 22.9. The molecule has 1 unspecified atom stereocenters. The molecule has 2 aromatic rings. The number of anilines is 2. The van der Waals surface area contributed by atoms with Crippen LogP contribution in [0.15, 0.2) is 42.5 Å². The zero-order valence-corrected chi connectivity index (χ0v) is 18.3. The third-order valence-electron chi connectivity index (χ3n) is 4.75. The van der Waals surface area contributed by atoms with Crippen LogP contribution in [0.3, 0.4) is 0 Å². The first kappa shape index (κ1) is 23.4. The Balaban J connectivity index is 1.43. The quantitative estimate of drug-likeness (QED) is 0.452. The van der Waals surface area contributed by atoms with E-state index in [0.29, 0.717) is 47.4 Å². The van der Waals surface area contributed by atoms with E-state index >= 15 is 0 Å². The van der Waals surface area contributed by atoms with E-state index in [-0.39, 0.29) is 17.9 Å². The minimum Gasteiger partial charge on any atom is -0.495 e. The van der Waals surface area contributed by atoms with Gasteiger partial charge in [0, 0.05) is 36.0 Å². The summed E-state index contributed by atoms with van der Waals surface area (Å²) >= 11 is 5.96. The number of urea groups is 1. The average molecular weight is 461 g/mol. The van der Waals surface area contributed by atoms with E-state index in [1.807, 2.05) is 0 Å². The van der Waals surface area contributed by atoms with Crippen LogP contribution < -0.4 is 26.0 Å². The van der Waals surface area contributed by atoms with Crippen molar-refractivity contribution in [3.05, 3.63) is 53.1 Å². The molecule has 2 aromatic carbocycles. The summed E-state index contributed by atoms with van der Waals surface area (Å²) in [6, 6.07) is 10.8. The number of amides is 4. The third-order valence-corrected chi connectivity index (χ3v) is 4.98.